The number of sulfonamides is 1. The van der Waals surface area contributed by atoms with Crippen LogP contribution in [0.25, 0.3) is 0 Å². The summed E-state index contributed by atoms with van der Waals surface area (Å²) in [5.41, 5.74) is 8.12. The minimum atomic E-state index is -3.49. The Morgan fingerprint density at radius 3 is 2.50 bits per heavy atom. The highest BCUT2D eigenvalue weighted by atomic mass is 35.5. The molecular formula is C18H22ClN5O3S. The lowest BCUT2D eigenvalue weighted by atomic mass is 10.1. The van der Waals surface area contributed by atoms with Gasteiger partial charge in [-0.2, -0.15) is 0 Å². The Bertz CT molecular complexity index is 1010. The summed E-state index contributed by atoms with van der Waals surface area (Å²) in [6, 6.07) is 9.52. The molecule has 0 heterocycles. The van der Waals surface area contributed by atoms with Crippen molar-refractivity contribution in [3.05, 3.63) is 58.1 Å². The van der Waals surface area contributed by atoms with Gasteiger partial charge in [0, 0.05) is 34.9 Å². The summed E-state index contributed by atoms with van der Waals surface area (Å²) < 4.78 is 25.1. The van der Waals surface area contributed by atoms with E-state index in [0.717, 1.165) is 17.5 Å². The van der Waals surface area contributed by atoms with Gasteiger partial charge in [0.1, 0.15) is 5.84 Å². The first-order chi connectivity index (χ1) is 13.1. The molecule has 0 fully saturated rings. The molecule has 150 valence electrons. The molecule has 2 aromatic carbocycles. The fourth-order valence-electron chi connectivity index (χ4n) is 2.52. The topological polar surface area (TPSA) is 137 Å². The van der Waals surface area contributed by atoms with Crippen LogP contribution in [0.3, 0.4) is 0 Å². The van der Waals surface area contributed by atoms with Gasteiger partial charge in [0.05, 0.1) is 11.9 Å². The first-order valence-electron chi connectivity index (χ1n) is 8.37. The summed E-state index contributed by atoms with van der Waals surface area (Å²) in [5.74, 6) is -0.447. The molecule has 0 aliphatic heterocycles. The number of hydrogen-bond acceptors (Lipinski definition) is 5. The van der Waals surface area contributed by atoms with Crippen LogP contribution >= 0.6 is 11.6 Å². The van der Waals surface area contributed by atoms with Crippen LogP contribution < -0.4 is 21.1 Å². The molecule has 0 atom stereocenters. The van der Waals surface area contributed by atoms with Crippen molar-refractivity contribution in [2.75, 3.05) is 22.8 Å². The summed E-state index contributed by atoms with van der Waals surface area (Å²) in [4.78, 5) is 12.5. The van der Waals surface area contributed by atoms with E-state index in [9.17, 15) is 13.2 Å². The monoisotopic (exact) mass is 423 g/mol. The molecule has 0 unspecified atom stereocenters. The first kappa shape index (κ1) is 21.5. The van der Waals surface area contributed by atoms with Crippen LogP contribution in [0.4, 0.5) is 11.4 Å². The van der Waals surface area contributed by atoms with E-state index >= 15 is 0 Å². The Kier molecular flexibility index (Phi) is 6.87. The Hall–Kier alpha value is -2.78. The third-order valence-electron chi connectivity index (χ3n) is 3.69. The molecule has 0 radical (unpaired) electrons. The van der Waals surface area contributed by atoms with Gasteiger partial charge < -0.3 is 16.4 Å². The summed E-state index contributed by atoms with van der Waals surface area (Å²) in [6.07, 6.45) is 1.01. The van der Waals surface area contributed by atoms with Gasteiger partial charge in [-0.25, -0.2) is 8.42 Å². The molecule has 0 spiro atoms. The van der Waals surface area contributed by atoms with E-state index in [2.05, 4.69) is 15.4 Å². The van der Waals surface area contributed by atoms with Gasteiger partial charge in [0.15, 0.2) is 0 Å². The van der Waals surface area contributed by atoms with Crippen LogP contribution in [-0.2, 0) is 16.6 Å². The van der Waals surface area contributed by atoms with Crippen LogP contribution in [-0.4, -0.2) is 33.0 Å². The zero-order valence-corrected chi connectivity index (χ0v) is 17.0. The lowest BCUT2D eigenvalue weighted by molar-refractivity contribution is 0.0951. The van der Waals surface area contributed by atoms with E-state index in [1.807, 2.05) is 6.92 Å². The van der Waals surface area contributed by atoms with Crippen molar-refractivity contribution < 1.29 is 13.2 Å². The number of benzene rings is 2. The summed E-state index contributed by atoms with van der Waals surface area (Å²) in [7, 11) is -3.49. The Balaban J connectivity index is 2.19. The fourth-order valence-corrected chi connectivity index (χ4v) is 3.31. The second-order valence-electron chi connectivity index (χ2n) is 6.10. The van der Waals surface area contributed by atoms with E-state index in [-0.39, 0.29) is 28.7 Å². The standard InChI is InChI=1S/C18H22ClN5O3S/c1-3-22-16-8-11(17(20)21)4-5-12(16)10-23-18(25)13-6-14(19)9-15(7-13)24-28(2,26)27/h4-9,22,24H,3,10H2,1-2H3,(H3,20,21)(H,23,25). The summed E-state index contributed by atoms with van der Waals surface area (Å²) in [5, 5.41) is 13.7. The zero-order valence-electron chi connectivity index (χ0n) is 15.5. The number of nitrogens with two attached hydrogens (primary N) is 1. The number of carbonyl (C=O) groups is 1. The second-order valence-corrected chi connectivity index (χ2v) is 8.29. The molecule has 2 rings (SSSR count). The van der Waals surface area contributed by atoms with E-state index < -0.39 is 15.9 Å². The maximum absolute atomic E-state index is 12.5. The van der Waals surface area contributed by atoms with Crippen molar-refractivity contribution in [1.29, 1.82) is 5.41 Å². The smallest absolute Gasteiger partial charge is 0.251 e. The SMILES string of the molecule is CCNc1cc(C(=N)N)ccc1CNC(=O)c1cc(Cl)cc(NS(C)(=O)=O)c1. The maximum atomic E-state index is 12.5. The molecule has 28 heavy (non-hydrogen) atoms. The minimum absolute atomic E-state index is 0.0421. The molecule has 6 N–H and O–H groups in total. The third-order valence-corrected chi connectivity index (χ3v) is 4.52. The highest BCUT2D eigenvalue weighted by molar-refractivity contribution is 7.92. The molecule has 10 heteroatoms. The van der Waals surface area contributed by atoms with Gasteiger partial charge in [0.2, 0.25) is 10.0 Å². The van der Waals surface area contributed by atoms with Crippen molar-refractivity contribution in [2.24, 2.45) is 5.73 Å². The van der Waals surface area contributed by atoms with Crippen LogP contribution in [0.2, 0.25) is 5.02 Å². The molecule has 0 aliphatic carbocycles. The zero-order chi connectivity index (χ0) is 20.9. The van der Waals surface area contributed by atoms with Crippen molar-refractivity contribution in [3.63, 3.8) is 0 Å². The molecule has 8 nitrogen and oxygen atoms in total. The third kappa shape index (κ3) is 6.14. The number of amidine groups is 1. The number of hydrogen-bond donors (Lipinski definition) is 5. The second kappa shape index (κ2) is 8.94. The van der Waals surface area contributed by atoms with Crippen LogP contribution in [0.1, 0.15) is 28.4 Å². The fraction of sp³-hybridized carbons (Fsp3) is 0.222. The number of halogens is 1. The number of rotatable bonds is 8. The van der Waals surface area contributed by atoms with E-state index in [1.165, 1.54) is 18.2 Å². The first-order valence-corrected chi connectivity index (χ1v) is 10.6. The van der Waals surface area contributed by atoms with Gasteiger partial charge >= 0.3 is 0 Å². The molecule has 0 saturated heterocycles. The van der Waals surface area contributed by atoms with Crippen molar-refractivity contribution in [1.82, 2.24) is 5.32 Å². The van der Waals surface area contributed by atoms with Gasteiger partial charge in [-0.15, -0.1) is 0 Å². The van der Waals surface area contributed by atoms with Gasteiger partial charge in [0.25, 0.3) is 5.91 Å². The van der Waals surface area contributed by atoms with Crippen LogP contribution in [0.15, 0.2) is 36.4 Å². The summed E-state index contributed by atoms with van der Waals surface area (Å²) >= 11 is 6.00. The molecule has 1 amide bonds. The summed E-state index contributed by atoms with van der Waals surface area (Å²) in [6.45, 7) is 2.82. The molecule has 2 aromatic rings. The molecule has 0 bridgehead atoms. The average molecular weight is 424 g/mol. The maximum Gasteiger partial charge on any atom is 0.251 e. The predicted octanol–water partition coefficient (Wildman–Crippen LogP) is 2.36. The van der Waals surface area contributed by atoms with Crippen molar-refractivity contribution in [2.45, 2.75) is 13.5 Å². The number of anilines is 2. The van der Waals surface area contributed by atoms with Crippen LogP contribution in [0, 0.1) is 5.41 Å². The van der Waals surface area contributed by atoms with E-state index in [0.29, 0.717) is 12.1 Å². The largest absolute Gasteiger partial charge is 0.385 e. The lowest BCUT2D eigenvalue weighted by Crippen LogP contribution is -2.24. The van der Waals surface area contributed by atoms with Crippen LogP contribution in [0.5, 0.6) is 0 Å². The van der Waals surface area contributed by atoms with Gasteiger partial charge in [-0.3, -0.25) is 14.9 Å². The Labute approximate surface area is 169 Å². The van der Waals surface area contributed by atoms with Gasteiger partial charge in [-0.1, -0.05) is 23.7 Å². The molecule has 0 aromatic heterocycles. The minimum Gasteiger partial charge on any atom is -0.385 e. The highest BCUT2D eigenvalue weighted by Gasteiger charge is 2.12. The van der Waals surface area contributed by atoms with Gasteiger partial charge in [-0.05, 0) is 36.8 Å². The average Bonchev–Trinajstić information content (AvgIpc) is 2.58. The molecular weight excluding hydrogens is 402 g/mol. The quantitative estimate of drug-likeness (QED) is 0.328. The normalized spacial score (nSPS) is 11.0. The Morgan fingerprint density at radius 1 is 1.18 bits per heavy atom. The number of nitrogen functional groups attached to an aromatic ring is 1. The van der Waals surface area contributed by atoms with Crippen molar-refractivity contribution >= 4 is 44.7 Å². The molecule has 0 saturated carbocycles. The lowest BCUT2D eigenvalue weighted by Gasteiger charge is -2.14. The molecule has 0 aliphatic rings. The number of nitrogens with one attached hydrogen (secondary N) is 4. The Morgan fingerprint density at radius 2 is 1.89 bits per heavy atom. The highest BCUT2D eigenvalue weighted by Crippen LogP contribution is 2.21. The predicted molar refractivity (Wildman–Crippen MR) is 113 cm³/mol. The number of carbonyl (C=O) groups excluding carboxylic acids is 1. The number of amides is 1. The van der Waals surface area contributed by atoms with Crippen molar-refractivity contribution in [3.8, 4) is 0 Å². The van der Waals surface area contributed by atoms with E-state index in [4.69, 9.17) is 22.7 Å². The van der Waals surface area contributed by atoms with E-state index in [1.54, 1.807) is 18.2 Å².